The number of likely N-dealkylation sites (N-methyl/N-ethyl adjacent to an activating group) is 1. The molecular formula is C15H26N2OS. The Hall–Kier alpha value is -0.420. The number of thiophene rings is 1. The molecule has 4 heteroatoms. The van der Waals surface area contributed by atoms with Crippen molar-refractivity contribution in [2.75, 3.05) is 33.3 Å². The fourth-order valence-electron chi connectivity index (χ4n) is 2.56. The van der Waals surface area contributed by atoms with Crippen molar-refractivity contribution in [1.82, 2.24) is 10.2 Å². The van der Waals surface area contributed by atoms with Gasteiger partial charge in [-0.05, 0) is 44.3 Å². The zero-order valence-corrected chi connectivity index (χ0v) is 12.9. The highest BCUT2D eigenvalue weighted by molar-refractivity contribution is 7.09. The predicted octanol–water partition coefficient (Wildman–Crippen LogP) is 2.38. The normalized spacial score (nSPS) is 22.5. The van der Waals surface area contributed by atoms with Crippen molar-refractivity contribution in [1.29, 1.82) is 0 Å². The third-order valence-corrected chi connectivity index (χ3v) is 4.62. The first-order valence-corrected chi connectivity index (χ1v) is 8.23. The molecule has 0 spiro atoms. The second-order valence-corrected chi connectivity index (χ2v) is 6.38. The van der Waals surface area contributed by atoms with Crippen LogP contribution in [0.15, 0.2) is 17.5 Å². The maximum atomic E-state index is 5.98. The Morgan fingerprint density at radius 2 is 2.47 bits per heavy atom. The van der Waals surface area contributed by atoms with Gasteiger partial charge < -0.3 is 15.0 Å². The maximum absolute atomic E-state index is 5.98. The number of ether oxygens (including phenoxy) is 1. The lowest BCUT2D eigenvalue weighted by atomic mass is 10.0. The van der Waals surface area contributed by atoms with Gasteiger partial charge in [-0.3, -0.25) is 0 Å². The van der Waals surface area contributed by atoms with E-state index in [1.807, 2.05) is 11.3 Å². The molecular weight excluding hydrogens is 256 g/mol. The first-order valence-electron chi connectivity index (χ1n) is 7.35. The van der Waals surface area contributed by atoms with Gasteiger partial charge in [-0.1, -0.05) is 13.0 Å². The standard InChI is InChI=1S/C15H26N2OS/c1-3-8-16-14(7-6-13-5-4-11-19-13)15-12-17(2)9-10-18-15/h4-5,11,14-16H,3,6-10,12H2,1-2H3. The lowest BCUT2D eigenvalue weighted by Gasteiger charge is -2.35. The fraction of sp³-hybridized carbons (Fsp3) is 0.733. The maximum Gasteiger partial charge on any atom is 0.0855 e. The van der Waals surface area contributed by atoms with E-state index in [1.165, 1.54) is 17.7 Å². The van der Waals surface area contributed by atoms with Gasteiger partial charge in [0, 0.05) is 24.0 Å². The van der Waals surface area contributed by atoms with Crippen LogP contribution in [-0.2, 0) is 11.2 Å². The largest absolute Gasteiger partial charge is 0.374 e. The lowest BCUT2D eigenvalue weighted by molar-refractivity contribution is -0.0397. The van der Waals surface area contributed by atoms with Crippen LogP contribution in [-0.4, -0.2) is 50.3 Å². The van der Waals surface area contributed by atoms with Gasteiger partial charge in [0.15, 0.2) is 0 Å². The molecule has 3 nitrogen and oxygen atoms in total. The molecule has 0 aliphatic carbocycles. The van der Waals surface area contributed by atoms with Crippen molar-refractivity contribution in [2.24, 2.45) is 0 Å². The minimum absolute atomic E-state index is 0.338. The van der Waals surface area contributed by atoms with E-state index in [4.69, 9.17) is 4.74 Å². The molecule has 0 bridgehead atoms. The molecule has 0 amide bonds. The molecule has 2 rings (SSSR count). The summed E-state index contributed by atoms with van der Waals surface area (Å²) in [6.45, 7) is 6.27. The third kappa shape index (κ3) is 4.88. The van der Waals surface area contributed by atoms with E-state index in [-0.39, 0.29) is 0 Å². The summed E-state index contributed by atoms with van der Waals surface area (Å²) in [6.07, 6.45) is 3.84. The highest BCUT2D eigenvalue weighted by atomic mass is 32.1. The Balaban J connectivity index is 1.86. The molecule has 2 atom stereocenters. The molecule has 1 N–H and O–H groups in total. The van der Waals surface area contributed by atoms with Crippen LogP contribution in [0.1, 0.15) is 24.6 Å². The topological polar surface area (TPSA) is 24.5 Å². The average Bonchev–Trinajstić information content (AvgIpc) is 2.92. The van der Waals surface area contributed by atoms with Gasteiger partial charge in [-0.2, -0.15) is 0 Å². The predicted molar refractivity (Wildman–Crippen MR) is 82.0 cm³/mol. The molecule has 1 fully saturated rings. The van der Waals surface area contributed by atoms with Gasteiger partial charge in [0.1, 0.15) is 0 Å². The quantitative estimate of drug-likeness (QED) is 0.831. The van der Waals surface area contributed by atoms with Crippen LogP contribution in [0, 0.1) is 0 Å². The molecule has 1 aromatic rings. The highest BCUT2D eigenvalue weighted by Gasteiger charge is 2.26. The van der Waals surface area contributed by atoms with Gasteiger partial charge in [-0.25, -0.2) is 0 Å². The monoisotopic (exact) mass is 282 g/mol. The Morgan fingerprint density at radius 3 is 3.16 bits per heavy atom. The highest BCUT2D eigenvalue weighted by Crippen LogP contribution is 2.16. The third-order valence-electron chi connectivity index (χ3n) is 3.68. The Kier molecular flexibility index (Phi) is 6.31. The van der Waals surface area contributed by atoms with E-state index >= 15 is 0 Å². The van der Waals surface area contributed by atoms with Crippen LogP contribution in [0.2, 0.25) is 0 Å². The van der Waals surface area contributed by atoms with Crippen LogP contribution in [0.25, 0.3) is 0 Å². The van der Waals surface area contributed by atoms with Crippen LogP contribution in [0.3, 0.4) is 0 Å². The van der Waals surface area contributed by atoms with Gasteiger partial charge in [0.05, 0.1) is 12.7 Å². The molecule has 1 saturated heterocycles. The second-order valence-electron chi connectivity index (χ2n) is 5.35. The van der Waals surface area contributed by atoms with E-state index in [0.29, 0.717) is 12.1 Å². The van der Waals surface area contributed by atoms with Crippen molar-refractivity contribution < 1.29 is 4.74 Å². The molecule has 0 aromatic carbocycles. The van der Waals surface area contributed by atoms with Gasteiger partial charge in [0.25, 0.3) is 0 Å². The van der Waals surface area contributed by atoms with Gasteiger partial charge >= 0.3 is 0 Å². The van der Waals surface area contributed by atoms with E-state index in [2.05, 4.69) is 41.7 Å². The van der Waals surface area contributed by atoms with E-state index < -0.39 is 0 Å². The summed E-state index contributed by atoms with van der Waals surface area (Å²) in [6, 6.07) is 4.85. The van der Waals surface area contributed by atoms with Crippen molar-refractivity contribution in [3.63, 3.8) is 0 Å². The van der Waals surface area contributed by atoms with Crippen molar-refractivity contribution >= 4 is 11.3 Å². The summed E-state index contributed by atoms with van der Waals surface area (Å²) in [7, 11) is 2.19. The SMILES string of the molecule is CCCNC(CCc1cccs1)C1CN(C)CCO1. The van der Waals surface area contributed by atoms with Crippen LogP contribution < -0.4 is 5.32 Å². The number of morpholine rings is 1. The Bertz CT molecular complexity index is 342. The summed E-state index contributed by atoms with van der Waals surface area (Å²) in [5.41, 5.74) is 0. The fourth-order valence-corrected chi connectivity index (χ4v) is 3.28. The number of nitrogens with zero attached hydrogens (tertiary/aromatic N) is 1. The Morgan fingerprint density at radius 1 is 1.58 bits per heavy atom. The smallest absolute Gasteiger partial charge is 0.0855 e. The molecule has 19 heavy (non-hydrogen) atoms. The summed E-state index contributed by atoms with van der Waals surface area (Å²) in [5, 5.41) is 5.84. The van der Waals surface area contributed by atoms with Gasteiger partial charge in [0.2, 0.25) is 0 Å². The Labute approximate surface area is 121 Å². The molecule has 0 radical (unpaired) electrons. The molecule has 0 saturated carbocycles. The lowest BCUT2D eigenvalue weighted by Crippen LogP contribution is -2.51. The number of hydrogen-bond acceptors (Lipinski definition) is 4. The second kappa shape index (κ2) is 8.00. The zero-order valence-electron chi connectivity index (χ0n) is 12.1. The molecule has 1 aromatic heterocycles. The number of hydrogen-bond donors (Lipinski definition) is 1. The first kappa shape index (κ1) is 15.0. The molecule has 2 heterocycles. The average molecular weight is 282 g/mol. The van der Waals surface area contributed by atoms with Crippen LogP contribution in [0.5, 0.6) is 0 Å². The minimum Gasteiger partial charge on any atom is -0.374 e. The van der Waals surface area contributed by atoms with Gasteiger partial charge in [-0.15, -0.1) is 11.3 Å². The van der Waals surface area contributed by atoms with Crippen molar-refractivity contribution in [3.05, 3.63) is 22.4 Å². The number of aryl methyl sites for hydroxylation is 1. The number of rotatable bonds is 7. The van der Waals surface area contributed by atoms with Crippen LogP contribution >= 0.6 is 11.3 Å². The molecule has 108 valence electrons. The molecule has 1 aliphatic rings. The summed E-state index contributed by atoms with van der Waals surface area (Å²) in [5.74, 6) is 0. The zero-order chi connectivity index (χ0) is 13.5. The number of nitrogens with one attached hydrogen (secondary N) is 1. The van der Waals surface area contributed by atoms with E-state index in [1.54, 1.807) is 0 Å². The van der Waals surface area contributed by atoms with E-state index in [0.717, 1.165) is 32.7 Å². The van der Waals surface area contributed by atoms with Crippen molar-refractivity contribution in [3.8, 4) is 0 Å². The summed E-state index contributed by atoms with van der Waals surface area (Å²) in [4.78, 5) is 3.85. The molecule has 2 unspecified atom stereocenters. The van der Waals surface area contributed by atoms with Crippen molar-refractivity contribution in [2.45, 2.75) is 38.3 Å². The van der Waals surface area contributed by atoms with Crippen LogP contribution in [0.4, 0.5) is 0 Å². The summed E-state index contributed by atoms with van der Waals surface area (Å²) >= 11 is 1.86. The summed E-state index contributed by atoms with van der Waals surface area (Å²) < 4.78 is 5.98. The first-order chi connectivity index (χ1) is 9.29. The minimum atomic E-state index is 0.338. The molecule has 1 aliphatic heterocycles. The van der Waals surface area contributed by atoms with E-state index in [9.17, 15) is 0 Å².